The summed E-state index contributed by atoms with van der Waals surface area (Å²) in [6, 6.07) is 17.2. The number of nitrogens with one attached hydrogen (secondary N) is 2. The summed E-state index contributed by atoms with van der Waals surface area (Å²) in [5.41, 5.74) is 2.79. The average Bonchev–Trinajstić information content (AvgIpc) is 3.05. The van der Waals surface area contributed by atoms with E-state index in [0.717, 1.165) is 24.6 Å². The maximum atomic E-state index is 5.48. The molecular formula is C19H24N2O2+2. The third-order valence-electron chi connectivity index (χ3n) is 4.85. The van der Waals surface area contributed by atoms with Crippen LogP contribution in [0.15, 0.2) is 48.5 Å². The molecule has 4 heteroatoms. The van der Waals surface area contributed by atoms with Crippen LogP contribution in [0.25, 0.3) is 0 Å². The van der Waals surface area contributed by atoms with Gasteiger partial charge in [0, 0.05) is 11.1 Å². The van der Waals surface area contributed by atoms with E-state index in [0.29, 0.717) is 6.79 Å². The molecule has 0 amide bonds. The van der Waals surface area contributed by atoms with Gasteiger partial charge in [0.2, 0.25) is 6.79 Å². The molecule has 2 aliphatic heterocycles. The Balaban J connectivity index is 1.30. The summed E-state index contributed by atoms with van der Waals surface area (Å²) in [5.74, 6) is 1.77. The number of rotatable bonds is 4. The molecule has 0 aliphatic carbocycles. The van der Waals surface area contributed by atoms with E-state index < -0.39 is 0 Å². The second-order valence-corrected chi connectivity index (χ2v) is 6.53. The normalized spacial score (nSPS) is 23.0. The second kappa shape index (κ2) is 6.60. The number of benzene rings is 2. The Hall–Kier alpha value is -2.04. The minimum absolute atomic E-state index is 0.354. The van der Waals surface area contributed by atoms with Crippen LogP contribution in [-0.2, 0) is 13.1 Å². The first kappa shape index (κ1) is 14.5. The van der Waals surface area contributed by atoms with E-state index in [1.54, 1.807) is 9.80 Å². The highest BCUT2D eigenvalue weighted by Gasteiger charge is 2.23. The third-order valence-corrected chi connectivity index (χ3v) is 4.85. The van der Waals surface area contributed by atoms with Crippen LogP contribution in [0.3, 0.4) is 0 Å². The molecule has 0 spiro atoms. The molecule has 1 fully saturated rings. The minimum Gasteiger partial charge on any atom is -0.454 e. The number of ether oxygens (including phenoxy) is 2. The first-order valence-corrected chi connectivity index (χ1v) is 8.46. The summed E-state index contributed by atoms with van der Waals surface area (Å²) >= 11 is 0. The van der Waals surface area contributed by atoms with Crippen molar-refractivity contribution in [3.8, 4) is 11.5 Å². The van der Waals surface area contributed by atoms with E-state index in [9.17, 15) is 0 Å². The number of quaternary nitrogens is 2. The van der Waals surface area contributed by atoms with Crippen molar-refractivity contribution in [1.29, 1.82) is 0 Å². The molecule has 0 radical (unpaired) electrons. The van der Waals surface area contributed by atoms with Crippen molar-refractivity contribution < 1.29 is 19.3 Å². The monoisotopic (exact) mass is 312 g/mol. The summed E-state index contributed by atoms with van der Waals surface area (Å²) < 4.78 is 10.9. The highest BCUT2D eigenvalue weighted by atomic mass is 16.7. The Kier molecular flexibility index (Phi) is 4.18. The lowest BCUT2D eigenvalue weighted by molar-refractivity contribution is -1.02. The first-order valence-electron chi connectivity index (χ1n) is 8.46. The van der Waals surface area contributed by atoms with Crippen LogP contribution in [-0.4, -0.2) is 33.0 Å². The van der Waals surface area contributed by atoms with Gasteiger partial charge in [0.1, 0.15) is 39.3 Å². The van der Waals surface area contributed by atoms with Gasteiger partial charge in [-0.3, -0.25) is 0 Å². The lowest BCUT2D eigenvalue weighted by Crippen LogP contribution is -3.27. The molecule has 0 unspecified atom stereocenters. The zero-order valence-corrected chi connectivity index (χ0v) is 13.4. The van der Waals surface area contributed by atoms with Crippen LogP contribution >= 0.6 is 0 Å². The Bertz CT molecular complexity index is 652. The molecule has 0 saturated carbocycles. The van der Waals surface area contributed by atoms with Crippen LogP contribution in [0.1, 0.15) is 11.1 Å². The first-order chi connectivity index (χ1) is 11.4. The van der Waals surface area contributed by atoms with Crippen molar-refractivity contribution in [2.75, 3.05) is 33.0 Å². The summed E-state index contributed by atoms with van der Waals surface area (Å²) in [5, 5.41) is 0. The lowest BCUT2D eigenvalue weighted by atomic mass is 10.1. The van der Waals surface area contributed by atoms with Crippen molar-refractivity contribution in [3.63, 3.8) is 0 Å². The SMILES string of the molecule is c1ccc(C[NH+]2CC[NH+](Cc3ccc4c(c3)OCO4)CC2)cc1. The van der Waals surface area contributed by atoms with Crippen molar-refractivity contribution >= 4 is 0 Å². The van der Waals surface area contributed by atoms with Gasteiger partial charge in [-0.2, -0.15) is 0 Å². The summed E-state index contributed by atoms with van der Waals surface area (Å²) in [6.07, 6.45) is 0. The van der Waals surface area contributed by atoms with Gasteiger partial charge >= 0.3 is 0 Å². The standard InChI is InChI=1S/C19H22N2O2/c1-2-4-16(5-3-1)13-20-8-10-21(11-9-20)14-17-6-7-18-19(12-17)23-15-22-18/h1-7,12H,8-11,13-15H2/p+2. The van der Waals surface area contributed by atoms with Gasteiger partial charge in [0.25, 0.3) is 0 Å². The average molecular weight is 312 g/mol. The molecule has 4 nitrogen and oxygen atoms in total. The van der Waals surface area contributed by atoms with Crippen molar-refractivity contribution in [2.45, 2.75) is 13.1 Å². The molecule has 2 heterocycles. The van der Waals surface area contributed by atoms with Crippen LogP contribution in [0.5, 0.6) is 11.5 Å². The fourth-order valence-electron chi connectivity index (χ4n) is 3.53. The maximum absolute atomic E-state index is 5.48. The van der Waals surface area contributed by atoms with E-state index in [1.807, 2.05) is 6.07 Å². The van der Waals surface area contributed by atoms with Crippen LogP contribution in [0.2, 0.25) is 0 Å². The Morgan fingerprint density at radius 3 is 2.09 bits per heavy atom. The molecule has 0 atom stereocenters. The van der Waals surface area contributed by atoms with Gasteiger partial charge in [-0.25, -0.2) is 0 Å². The van der Waals surface area contributed by atoms with Gasteiger partial charge in [-0.15, -0.1) is 0 Å². The van der Waals surface area contributed by atoms with E-state index in [1.165, 1.54) is 37.3 Å². The maximum Gasteiger partial charge on any atom is 0.231 e. The number of fused-ring (bicyclic) bond motifs is 1. The zero-order chi connectivity index (χ0) is 15.5. The Morgan fingerprint density at radius 1 is 0.696 bits per heavy atom. The van der Waals surface area contributed by atoms with Crippen LogP contribution in [0.4, 0.5) is 0 Å². The summed E-state index contributed by atoms with van der Waals surface area (Å²) in [7, 11) is 0. The van der Waals surface area contributed by atoms with E-state index in [4.69, 9.17) is 9.47 Å². The van der Waals surface area contributed by atoms with Gasteiger partial charge in [-0.05, 0) is 18.2 Å². The third kappa shape index (κ3) is 3.49. The van der Waals surface area contributed by atoms with E-state index >= 15 is 0 Å². The molecule has 4 rings (SSSR count). The highest BCUT2D eigenvalue weighted by Crippen LogP contribution is 2.32. The smallest absolute Gasteiger partial charge is 0.231 e. The molecule has 1 saturated heterocycles. The molecular weight excluding hydrogens is 288 g/mol. The van der Waals surface area contributed by atoms with Crippen LogP contribution in [0, 0.1) is 0 Å². The molecule has 2 aliphatic rings. The van der Waals surface area contributed by atoms with Crippen molar-refractivity contribution in [3.05, 3.63) is 59.7 Å². The summed E-state index contributed by atoms with van der Waals surface area (Å²) in [4.78, 5) is 3.37. The molecule has 0 aromatic heterocycles. The van der Waals surface area contributed by atoms with Crippen molar-refractivity contribution in [2.24, 2.45) is 0 Å². The molecule has 120 valence electrons. The predicted molar refractivity (Wildman–Crippen MR) is 87.8 cm³/mol. The van der Waals surface area contributed by atoms with E-state index in [2.05, 4.69) is 42.5 Å². The topological polar surface area (TPSA) is 27.3 Å². The van der Waals surface area contributed by atoms with Crippen molar-refractivity contribution in [1.82, 2.24) is 0 Å². The van der Waals surface area contributed by atoms with Crippen LogP contribution < -0.4 is 19.3 Å². The molecule has 2 N–H and O–H groups in total. The quantitative estimate of drug-likeness (QED) is 0.825. The highest BCUT2D eigenvalue weighted by molar-refractivity contribution is 5.44. The van der Waals surface area contributed by atoms with Gasteiger partial charge in [0.15, 0.2) is 11.5 Å². The summed E-state index contributed by atoms with van der Waals surface area (Å²) in [6.45, 7) is 7.54. The molecule has 2 aromatic carbocycles. The minimum atomic E-state index is 0.354. The Morgan fingerprint density at radius 2 is 1.35 bits per heavy atom. The van der Waals surface area contributed by atoms with Gasteiger partial charge in [-0.1, -0.05) is 30.3 Å². The van der Waals surface area contributed by atoms with Gasteiger partial charge < -0.3 is 19.3 Å². The second-order valence-electron chi connectivity index (χ2n) is 6.53. The largest absolute Gasteiger partial charge is 0.454 e. The number of hydrogen-bond donors (Lipinski definition) is 2. The van der Waals surface area contributed by atoms with Gasteiger partial charge in [0.05, 0.1) is 0 Å². The molecule has 0 bridgehead atoms. The predicted octanol–water partition coefficient (Wildman–Crippen LogP) is -0.101. The fourth-order valence-corrected chi connectivity index (χ4v) is 3.53. The molecule has 2 aromatic rings. The van der Waals surface area contributed by atoms with E-state index in [-0.39, 0.29) is 0 Å². The number of piperazine rings is 1. The fraction of sp³-hybridized carbons (Fsp3) is 0.368. The Labute approximate surface area is 137 Å². The zero-order valence-electron chi connectivity index (χ0n) is 13.4. The molecule has 23 heavy (non-hydrogen) atoms. The number of hydrogen-bond acceptors (Lipinski definition) is 2. The lowest BCUT2D eigenvalue weighted by Gasteiger charge is -2.29.